The molecule has 2 aromatic heterocycles. The Balaban J connectivity index is 1.93. The van der Waals surface area contributed by atoms with Gasteiger partial charge in [0.1, 0.15) is 17.1 Å². The zero-order chi connectivity index (χ0) is 13.8. The fraction of sp³-hybridized carbons (Fsp3) is 0.385. The van der Waals surface area contributed by atoms with Crippen molar-refractivity contribution in [1.29, 1.82) is 0 Å². The largest absolute Gasteiger partial charge is 0.465 e. The lowest BCUT2D eigenvalue weighted by molar-refractivity contribution is 0.0599. The molecule has 2 rings (SSSR count). The summed E-state index contributed by atoms with van der Waals surface area (Å²) in [5.74, 6) is 0.906. The van der Waals surface area contributed by atoms with E-state index < -0.39 is 0 Å². The van der Waals surface area contributed by atoms with Crippen LogP contribution >= 0.6 is 0 Å². The molecule has 6 heteroatoms. The molecule has 0 fully saturated rings. The van der Waals surface area contributed by atoms with E-state index >= 15 is 0 Å². The van der Waals surface area contributed by atoms with Gasteiger partial charge in [-0.1, -0.05) is 0 Å². The van der Waals surface area contributed by atoms with Crippen LogP contribution in [0.5, 0.6) is 0 Å². The summed E-state index contributed by atoms with van der Waals surface area (Å²) in [5, 5.41) is 7.32. The van der Waals surface area contributed by atoms with E-state index in [9.17, 15) is 4.79 Å². The third-order valence-corrected chi connectivity index (χ3v) is 2.90. The zero-order valence-corrected chi connectivity index (χ0v) is 11.3. The van der Waals surface area contributed by atoms with Crippen molar-refractivity contribution in [1.82, 2.24) is 15.1 Å². The van der Waals surface area contributed by atoms with Crippen molar-refractivity contribution < 1.29 is 13.9 Å². The maximum absolute atomic E-state index is 11.4. The van der Waals surface area contributed by atoms with E-state index in [1.807, 2.05) is 13.1 Å². The lowest BCUT2D eigenvalue weighted by Gasteiger charge is -2.02. The SMILES string of the molecule is COC(=O)c1cc(CNCc2ccnn2C)oc1C. The van der Waals surface area contributed by atoms with Crippen LogP contribution in [-0.2, 0) is 24.9 Å². The number of ether oxygens (including phenoxy) is 1. The second-order valence-corrected chi connectivity index (χ2v) is 4.22. The van der Waals surface area contributed by atoms with Gasteiger partial charge in [0, 0.05) is 19.8 Å². The van der Waals surface area contributed by atoms with E-state index in [4.69, 9.17) is 4.42 Å². The Hall–Kier alpha value is -2.08. The Morgan fingerprint density at radius 1 is 1.53 bits per heavy atom. The summed E-state index contributed by atoms with van der Waals surface area (Å²) >= 11 is 0. The first-order valence-corrected chi connectivity index (χ1v) is 5.97. The van der Waals surface area contributed by atoms with Crippen molar-refractivity contribution in [3.05, 3.63) is 41.1 Å². The van der Waals surface area contributed by atoms with E-state index in [2.05, 4.69) is 15.2 Å². The number of carbonyl (C=O) groups excluding carboxylic acids is 1. The highest BCUT2D eigenvalue weighted by molar-refractivity contribution is 5.90. The van der Waals surface area contributed by atoms with E-state index in [-0.39, 0.29) is 5.97 Å². The van der Waals surface area contributed by atoms with Crippen LogP contribution in [0.3, 0.4) is 0 Å². The molecule has 0 aliphatic carbocycles. The summed E-state index contributed by atoms with van der Waals surface area (Å²) in [6.45, 7) is 2.98. The number of nitrogens with zero attached hydrogens (tertiary/aromatic N) is 2. The number of methoxy groups -OCH3 is 1. The minimum Gasteiger partial charge on any atom is -0.465 e. The molecule has 2 heterocycles. The topological polar surface area (TPSA) is 69.3 Å². The summed E-state index contributed by atoms with van der Waals surface area (Å²) in [6.07, 6.45) is 1.75. The van der Waals surface area contributed by atoms with Gasteiger partial charge >= 0.3 is 5.97 Å². The van der Waals surface area contributed by atoms with Crippen molar-refractivity contribution in [2.75, 3.05) is 7.11 Å². The van der Waals surface area contributed by atoms with Gasteiger partial charge in [-0.25, -0.2) is 4.79 Å². The minimum absolute atomic E-state index is 0.376. The number of rotatable bonds is 5. The molecule has 0 saturated carbocycles. The highest BCUT2D eigenvalue weighted by atomic mass is 16.5. The molecule has 6 nitrogen and oxygen atoms in total. The predicted octanol–water partition coefficient (Wildman–Crippen LogP) is 1.40. The molecular weight excluding hydrogens is 246 g/mol. The van der Waals surface area contributed by atoms with Gasteiger partial charge in [0.25, 0.3) is 0 Å². The highest BCUT2D eigenvalue weighted by Gasteiger charge is 2.14. The Morgan fingerprint density at radius 2 is 2.32 bits per heavy atom. The van der Waals surface area contributed by atoms with Crippen LogP contribution in [0.25, 0.3) is 0 Å². The molecule has 19 heavy (non-hydrogen) atoms. The first-order valence-electron chi connectivity index (χ1n) is 5.97. The number of carbonyl (C=O) groups is 1. The molecule has 0 amide bonds. The average Bonchev–Trinajstić information content (AvgIpc) is 2.96. The number of hydrogen-bond donors (Lipinski definition) is 1. The molecule has 2 aromatic rings. The van der Waals surface area contributed by atoms with Crippen LogP contribution in [-0.4, -0.2) is 22.9 Å². The highest BCUT2D eigenvalue weighted by Crippen LogP contribution is 2.15. The van der Waals surface area contributed by atoms with Crippen molar-refractivity contribution >= 4 is 5.97 Å². The van der Waals surface area contributed by atoms with Gasteiger partial charge in [-0.3, -0.25) is 4.68 Å². The van der Waals surface area contributed by atoms with Crippen molar-refractivity contribution in [2.24, 2.45) is 7.05 Å². The van der Waals surface area contributed by atoms with Gasteiger partial charge in [0.15, 0.2) is 0 Å². The molecular formula is C13H17N3O3. The number of hydrogen-bond acceptors (Lipinski definition) is 5. The van der Waals surface area contributed by atoms with Crippen LogP contribution in [0.15, 0.2) is 22.7 Å². The molecule has 0 aromatic carbocycles. The first kappa shape index (κ1) is 13.4. The summed E-state index contributed by atoms with van der Waals surface area (Å²) < 4.78 is 12.0. The Kier molecular flexibility index (Phi) is 4.01. The molecule has 0 spiro atoms. The Bertz CT molecular complexity index is 571. The van der Waals surface area contributed by atoms with Crippen molar-refractivity contribution in [3.8, 4) is 0 Å². The molecule has 0 radical (unpaired) electrons. The van der Waals surface area contributed by atoms with Gasteiger partial charge in [-0.05, 0) is 19.1 Å². The molecule has 102 valence electrons. The van der Waals surface area contributed by atoms with Crippen LogP contribution in [0.2, 0.25) is 0 Å². The summed E-state index contributed by atoms with van der Waals surface area (Å²) in [7, 11) is 3.25. The van der Waals surface area contributed by atoms with Crippen molar-refractivity contribution in [2.45, 2.75) is 20.0 Å². The molecule has 1 N–H and O–H groups in total. The summed E-state index contributed by atoms with van der Waals surface area (Å²) in [4.78, 5) is 11.4. The molecule has 0 saturated heterocycles. The summed E-state index contributed by atoms with van der Waals surface area (Å²) in [6, 6.07) is 3.65. The lowest BCUT2D eigenvalue weighted by atomic mass is 10.2. The number of nitrogens with one attached hydrogen (secondary N) is 1. The Labute approximate surface area is 111 Å². The van der Waals surface area contributed by atoms with Crippen molar-refractivity contribution in [3.63, 3.8) is 0 Å². The number of aryl methyl sites for hydroxylation is 2. The standard InChI is InChI=1S/C13H17N3O3/c1-9-12(13(17)18-3)6-11(19-9)8-14-7-10-4-5-15-16(10)2/h4-6,14H,7-8H2,1-3H3. The first-order chi connectivity index (χ1) is 9.11. The quantitative estimate of drug-likeness (QED) is 0.826. The van der Waals surface area contributed by atoms with Gasteiger partial charge in [-0.15, -0.1) is 0 Å². The van der Waals surface area contributed by atoms with E-state index in [0.29, 0.717) is 30.2 Å². The third-order valence-electron chi connectivity index (χ3n) is 2.90. The van der Waals surface area contributed by atoms with Crippen LogP contribution in [0.1, 0.15) is 27.6 Å². The minimum atomic E-state index is -0.376. The number of furan rings is 1. The van der Waals surface area contributed by atoms with Gasteiger partial charge in [0.05, 0.1) is 19.3 Å². The zero-order valence-electron chi connectivity index (χ0n) is 11.3. The maximum atomic E-state index is 11.4. The smallest absolute Gasteiger partial charge is 0.341 e. The van der Waals surface area contributed by atoms with Crippen LogP contribution < -0.4 is 5.32 Å². The molecule has 0 aliphatic heterocycles. The lowest BCUT2D eigenvalue weighted by Crippen LogP contribution is -2.14. The third kappa shape index (κ3) is 3.03. The normalized spacial score (nSPS) is 10.7. The summed E-state index contributed by atoms with van der Waals surface area (Å²) in [5.41, 5.74) is 1.55. The van der Waals surface area contributed by atoms with Crippen LogP contribution in [0.4, 0.5) is 0 Å². The van der Waals surface area contributed by atoms with Crippen LogP contribution in [0, 0.1) is 6.92 Å². The average molecular weight is 263 g/mol. The monoisotopic (exact) mass is 263 g/mol. The van der Waals surface area contributed by atoms with E-state index in [1.54, 1.807) is 23.9 Å². The second kappa shape index (κ2) is 5.71. The molecule has 0 unspecified atom stereocenters. The fourth-order valence-electron chi connectivity index (χ4n) is 1.83. The maximum Gasteiger partial charge on any atom is 0.341 e. The van der Waals surface area contributed by atoms with E-state index in [0.717, 1.165) is 5.69 Å². The fourth-order valence-corrected chi connectivity index (χ4v) is 1.83. The van der Waals surface area contributed by atoms with Gasteiger partial charge in [0.2, 0.25) is 0 Å². The van der Waals surface area contributed by atoms with Gasteiger partial charge < -0.3 is 14.5 Å². The molecule has 0 bridgehead atoms. The number of esters is 1. The Morgan fingerprint density at radius 3 is 2.95 bits per heavy atom. The number of aromatic nitrogens is 2. The van der Waals surface area contributed by atoms with Gasteiger partial charge in [-0.2, -0.15) is 5.10 Å². The van der Waals surface area contributed by atoms with E-state index in [1.165, 1.54) is 7.11 Å². The second-order valence-electron chi connectivity index (χ2n) is 4.22. The molecule has 0 aliphatic rings. The molecule has 0 atom stereocenters. The predicted molar refractivity (Wildman–Crippen MR) is 68.5 cm³/mol.